The van der Waals surface area contributed by atoms with Gasteiger partial charge < -0.3 is 20.1 Å². The molecule has 6 nitrogen and oxygen atoms in total. The topological polar surface area (TPSA) is 76.7 Å². The number of nitrogens with one attached hydrogen (secondary N) is 2. The number of hydrogen-bond donors (Lipinski definition) is 2. The standard InChI is InChI=1S/C16H24N2O4/c1-11-5-6-12(2)16(13(11)3)22-10-15(20)18-8-7-17-14(19)9-21-4/h5-6H,7-10H2,1-4H3,(H,17,19)(H,18,20). The minimum Gasteiger partial charge on any atom is -0.483 e. The highest BCUT2D eigenvalue weighted by Gasteiger charge is 2.09. The highest BCUT2D eigenvalue weighted by atomic mass is 16.5. The Labute approximate surface area is 131 Å². The number of rotatable bonds is 8. The van der Waals surface area contributed by atoms with E-state index in [2.05, 4.69) is 15.4 Å². The van der Waals surface area contributed by atoms with Crippen molar-refractivity contribution >= 4 is 11.8 Å². The molecule has 6 heteroatoms. The van der Waals surface area contributed by atoms with Gasteiger partial charge in [-0.3, -0.25) is 9.59 Å². The van der Waals surface area contributed by atoms with E-state index in [1.165, 1.54) is 7.11 Å². The van der Waals surface area contributed by atoms with Crippen LogP contribution in [0.2, 0.25) is 0 Å². The predicted molar refractivity (Wildman–Crippen MR) is 84.0 cm³/mol. The Hall–Kier alpha value is -2.08. The van der Waals surface area contributed by atoms with E-state index in [0.717, 1.165) is 22.4 Å². The summed E-state index contributed by atoms with van der Waals surface area (Å²) in [4.78, 5) is 22.9. The van der Waals surface area contributed by atoms with Crippen molar-refractivity contribution < 1.29 is 19.1 Å². The molecule has 0 aliphatic carbocycles. The fraction of sp³-hybridized carbons (Fsp3) is 0.500. The average molecular weight is 308 g/mol. The Morgan fingerprint density at radius 2 is 1.50 bits per heavy atom. The molecule has 0 aliphatic heterocycles. The zero-order chi connectivity index (χ0) is 16.5. The van der Waals surface area contributed by atoms with Crippen LogP contribution in [0, 0.1) is 20.8 Å². The van der Waals surface area contributed by atoms with Crippen LogP contribution in [0.5, 0.6) is 5.75 Å². The summed E-state index contributed by atoms with van der Waals surface area (Å²) in [5, 5.41) is 5.30. The molecule has 0 aromatic heterocycles. The number of aryl methyl sites for hydroxylation is 2. The molecular weight excluding hydrogens is 284 g/mol. The van der Waals surface area contributed by atoms with E-state index in [0.29, 0.717) is 13.1 Å². The number of carbonyl (C=O) groups excluding carboxylic acids is 2. The first kappa shape index (κ1) is 18.0. The van der Waals surface area contributed by atoms with Crippen molar-refractivity contribution in [3.8, 4) is 5.75 Å². The summed E-state index contributed by atoms with van der Waals surface area (Å²) >= 11 is 0. The molecule has 0 radical (unpaired) electrons. The molecule has 1 aromatic rings. The lowest BCUT2D eigenvalue weighted by atomic mass is 10.1. The Morgan fingerprint density at radius 3 is 2.09 bits per heavy atom. The molecule has 22 heavy (non-hydrogen) atoms. The number of ether oxygens (including phenoxy) is 2. The first-order valence-electron chi connectivity index (χ1n) is 7.17. The molecule has 122 valence electrons. The Kier molecular flexibility index (Phi) is 7.39. The minimum atomic E-state index is -0.221. The van der Waals surface area contributed by atoms with E-state index in [1.807, 2.05) is 32.9 Å². The number of benzene rings is 1. The highest BCUT2D eigenvalue weighted by Crippen LogP contribution is 2.25. The van der Waals surface area contributed by atoms with Crippen molar-refractivity contribution in [2.45, 2.75) is 20.8 Å². The summed E-state index contributed by atoms with van der Waals surface area (Å²) in [6, 6.07) is 4.00. The molecule has 0 unspecified atom stereocenters. The zero-order valence-electron chi connectivity index (χ0n) is 13.6. The molecule has 0 atom stereocenters. The van der Waals surface area contributed by atoms with Crippen molar-refractivity contribution in [3.63, 3.8) is 0 Å². The predicted octanol–water partition coefficient (Wildman–Crippen LogP) is 0.869. The van der Waals surface area contributed by atoms with E-state index < -0.39 is 0 Å². The van der Waals surface area contributed by atoms with Gasteiger partial charge in [0.25, 0.3) is 5.91 Å². The maximum atomic E-state index is 11.7. The van der Waals surface area contributed by atoms with Gasteiger partial charge in [-0.25, -0.2) is 0 Å². The smallest absolute Gasteiger partial charge is 0.258 e. The Balaban J connectivity index is 2.32. The summed E-state index contributed by atoms with van der Waals surface area (Å²) in [6.45, 7) is 6.61. The maximum Gasteiger partial charge on any atom is 0.258 e. The lowest BCUT2D eigenvalue weighted by Crippen LogP contribution is -2.37. The van der Waals surface area contributed by atoms with E-state index in [1.54, 1.807) is 0 Å². The lowest BCUT2D eigenvalue weighted by Gasteiger charge is -2.14. The van der Waals surface area contributed by atoms with Crippen LogP contribution in [0.15, 0.2) is 12.1 Å². The fourth-order valence-electron chi connectivity index (χ4n) is 1.92. The lowest BCUT2D eigenvalue weighted by molar-refractivity contribution is -0.125. The van der Waals surface area contributed by atoms with Crippen LogP contribution in [-0.4, -0.2) is 45.2 Å². The summed E-state index contributed by atoms with van der Waals surface area (Å²) in [6.07, 6.45) is 0. The number of amides is 2. The van der Waals surface area contributed by atoms with Gasteiger partial charge in [0.2, 0.25) is 5.91 Å². The summed E-state index contributed by atoms with van der Waals surface area (Å²) in [5.41, 5.74) is 3.17. The van der Waals surface area contributed by atoms with Crippen LogP contribution in [0.1, 0.15) is 16.7 Å². The first-order chi connectivity index (χ1) is 10.5. The monoisotopic (exact) mass is 308 g/mol. The fourth-order valence-corrected chi connectivity index (χ4v) is 1.92. The van der Waals surface area contributed by atoms with Crippen molar-refractivity contribution in [1.82, 2.24) is 10.6 Å². The maximum absolute atomic E-state index is 11.7. The molecule has 0 saturated heterocycles. The molecule has 0 aliphatic rings. The molecule has 0 heterocycles. The highest BCUT2D eigenvalue weighted by molar-refractivity contribution is 5.78. The third-order valence-electron chi connectivity index (χ3n) is 3.27. The molecule has 1 aromatic carbocycles. The molecule has 0 spiro atoms. The molecule has 0 bridgehead atoms. The van der Waals surface area contributed by atoms with E-state index in [9.17, 15) is 9.59 Å². The molecule has 0 saturated carbocycles. The van der Waals surface area contributed by atoms with Gasteiger partial charge in [-0.1, -0.05) is 12.1 Å². The van der Waals surface area contributed by atoms with Gasteiger partial charge in [0, 0.05) is 20.2 Å². The quantitative estimate of drug-likeness (QED) is 0.699. The van der Waals surface area contributed by atoms with Crippen LogP contribution in [0.4, 0.5) is 0 Å². The van der Waals surface area contributed by atoms with Gasteiger partial charge in [-0.2, -0.15) is 0 Å². The SMILES string of the molecule is COCC(=O)NCCNC(=O)COc1c(C)ccc(C)c1C. The number of carbonyl (C=O) groups is 2. The largest absolute Gasteiger partial charge is 0.483 e. The minimum absolute atomic E-state index is 0.0168. The van der Waals surface area contributed by atoms with Gasteiger partial charge in [-0.05, 0) is 37.5 Å². The number of methoxy groups -OCH3 is 1. The van der Waals surface area contributed by atoms with Crippen LogP contribution < -0.4 is 15.4 Å². The second-order valence-corrected chi connectivity index (χ2v) is 5.08. The number of hydrogen-bond acceptors (Lipinski definition) is 4. The first-order valence-corrected chi connectivity index (χ1v) is 7.17. The Bertz CT molecular complexity index is 529. The van der Waals surface area contributed by atoms with Crippen LogP contribution in [0.3, 0.4) is 0 Å². The van der Waals surface area contributed by atoms with Gasteiger partial charge in [0.1, 0.15) is 12.4 Å². The Morgan fingerprint density at radius 1 is 0.955 bits per heavy atom. The third-order valence-corrected chi connectivity index (χ3v) is 3.27. The van der Waals surface area contributed by atoms with Crippen molar-refractivity contribution in [1.29, 1.82) is 0 Å². The summed E-state index contributed by atoms with van der Waals surface area (Å²) < 4.78 is 10.3. The van der Waals surface area contributed by atoms with Gasteiger partial charge in [-0.15, -0.1) is 0 Å². The van der Waals surface area contributed by atoms with Crippen molar-refractivity contribution in [3.05, 3.63) is 28.8 Å². The summed E-state index contributed by atoms with van der Waals surface area (Å²) in [5.74, 6) is 0.323. The average Bonchev–Trinajstić information content (AvgIpc) is 2.48. The van der Waals surface area contributed by atoms with Crippen LogP contribution in [0.25, 0.3) is 0 Å². The summed E-state index contributed by atoms with van der Waals surface area (Å²) in [7, 11) is 1.45. The van der Waals surface area contributed by atoms with Gasteiger partial charge in [0.05, 0.1) is 0 Å². The van der Waals surface area contributed by atoms with E-state index in [-0.39, 0.29) is 25.0 Å². The third kappa shape index (κ3) is 5.73. The molecule has 2 N–H and O–H groups in total. The molecular formula is C16H24N2O4. The van der Waals surface area contributed by atoms with Crippen molar-refractivity contribution in [2.75, 3.05) is 33.4 Å². The van der Waals surface area contributed by atoms with Gasteiger partial charge >= 0.3 is 0 Å². The van der Waals surface area contributed by atoms with Crippen LogP contribution >= 0.6 is 0 Å². The molecule has 2 amide bonds. The van der Waals surface area contributed by atoms with Crippen LogP contribution in [-0.2, 0) is 14.3 Å². The van der Waals surface area contributed by atoms with Crippen molar-refractivity contribution in [2.24, 2.45) is 0 Å². The second kappa shape index (κ2) is 9.04. The molecule has 0 fully saturated rings. The van der Waals surface area contributed by atoms with E-state index in [4.69, 9.17) is 4.74 Å². The van der Waals surface area contributed by atoms with Gasteiger partial charge in [0.15, 0.2) is 6.61 Å². The zero-order valence-corrected chi connectivity index (χ0v) is 13.6. The second-order valence-electron chi connectivity index (χ2n) is 5.08. The van der Waals surface area contributed by atoms with E-state index >= 15 is 0 Å². The molecule has 1 rings (SSSR count). The normalized spacial score (nSPS) is 10.2.